The summed E-state index contributed by atoms with van der Waals surface area (Å²) in [4.78, 5) is 11.8. The highest BCUT2D eigenvalue weighted by molar-refractivity contribution is 5.74. The van der Waals surface area contributed by atoms with Crippen LogP contribution in [-0.4, -0.2) is 12.6 Å². The van der Waals surface area contributed by atoms with Crippen molar-refractivity contribution in [2.45, 2.75) is 27.7 Å². The molecule has 3 nitrogen and oxygen atoms in total. The molecule has 0 radical (unpaired) electrons. The van der Waals surface area contributed by atoms with Gasteiger partial charge in [0.15, 0.2) is 6.61 Å². The van der Waals surface area contributed by atoms with Crippen molar-refractivity contribution in [3.05, 3.63) is 58.7 Å². The van der Waals surface area contributed by atoms with E-state index in [4.69, 9.17) is 9.47 Å². The molecule has 0 saturated heterocycles. The van der Waals surface area contributed by atoms with Crippen molar-refractivity contribution in [2.24, 2.45) is 0 Å². The first kappa shape index (κ1) is 15.1. The fourth-order valence-corrected chi connectivity index (χ4v) is 2.31. The molecule has 21 heavy (non-hydrogen) atoms. The summed E-state index contributed by atoms with van der Waals surface area (Å²) in [5.41, 5.74) is 4.33. The molecule has 0 bridgehead atoms. The Kier molecular flexibility index (Phi) is 4.63. The third kappa shape index (κ3) is 4.63. The first-order valence-corrected chi connectivity index (χ1v) is 6.92. The molecule has 0 saturated carbocycles. The van der Waals surface area contributed by atoms with Crippen LogP contribution in [0.25, 0.3) is 0 Å². The molecule has 0 aliphatic heterocycles. The van der Waals surface area contributed by atoms with Gasteiger partial charge in [-0.15, -0.1) is 0 Å². The number of hydrogen-bond donors (Lipinski definition) is 0. The minimum absolute atomic E-state index is 0.101. The van der Waals surface area contributed by atoms with Gasteiger partial charge in [-0.05, 0) is 74.2 Å². The molecule has 2 rings (SSSR count). The molecule has 2 aromatic carbocycles. The largest absolute Gasteiger partial charge is 0.482 e. The number of ether oxygens (including phenoxy) is 2. The standard InChI is InChI=1S/C18H20O3/c1-12-5-13(2)8-16(7-12)20-11-18(19)21-17-9-14(3)6-15(4)10-17/h5-10H,11H2,1-4H3. The van der Waals surface area contributed by atoms with Gasteiger partial charge in [0.2, 0.25) is 0 Å². The first-order valence-electron chi connectivity index (χ1n) is 6.92. The van der Waals surface area contributed by atoms with Crippen molar-refractivity contribution >= 4 is 5.97 Å². The zero-order chi connectivity index (χ0) is 15.4. The Hall–Kier alpha value is -2.29. The Morgan fingerprint density at radius 2 is 1.19 bits per heavy atom. The molecular weight excluding hydrogens is 264 g/mol. The Morgan fingerprint density at radius 1 is 0.762 bits per heavy atom. The minimum atomic E-state index is -0.404. The zero-order valence-electron chi connectivity index (χ0n) is 12.9. The topological polar surface area (TPSA) is 35.5 Å². The lowest BCUT2D eigenvalue weighted by atomic mass is 10.1. The van der Waals surface area contributed by atoms with Crippen molar-refractivity contribution in [2.75, 3.05) is 6.61 Å². The zero-order valence-corrected chi connectivity index (χ0v) is 12.9. The SMILES string of the molecule is Cc1cc(C)cc(OCC(=O)Oc2cc(C)cc(C)c2)c1. The summed E-state index contributed by atoms with van der Waals surface area (Å²) < 4.78 is 10.8. The van der Waals surface area contributed by atoms with E-state index in [0.29, 0.717) is 11.5 Å². The number of benzene rings is 2. The van der Waals surface area contributed by atoms with Crippen molar-refractivity contribution < 1.29 is 14.3 Å². The van der Waals surface area contributed by atoms with Crippen LogP contribution in [0.1, 0.15) is 22.3 Å². The smallest absolute Gasteiger partial charge is 0.349 e. The second-order valence-electron chi connectivity index (χ2n) is 5.41. The summed E-state index contributed by atoms with van der Waals surface area (Å²) in [6, 6.07) is 11.6. The van der Waals surface area contributed by atoms with Crippen LogP contribution in [0.15, 0.2) is 36.4 Å². The number of esters is 1. The van der Waals surface area contributed by atoms with Gasteiger partial charge in [-0.2, -0.15) is 0 Å². The van der Waals surface area contributed by atoms with Crippen LogP contribution >= 0.6 is 0 Å². The molecule has 0 aromatic heterocycles. The van der Waals surface area contributed by atoms with Gasteiger partial charge in [-0.1, -0.05) is 12.1 Å². The van der Waals surface area contributed by atoms with E-state index in [-0.39, 0.29) is 6.61 Å². The quantitative estimate of drug-likeness (QED) is 0.631. The molecular formula is C18H20O3. The van der Waals surface area contributed by atoms with E-state index >= 15 is 0 Å². The van der Waals surface area contributed by atoms with Crippen LogP contribution in [0.5, 0.6) is 11.5 Å². The average Bonchev–Trinajstić information content (AvgIpc) is 2.34. The normalized spacial score (nSPS) is 10.3. The molecule has 0 spiro atoms. The van der Waals surface area contributed by atoms with E-state index in [1.165, 1.54) is 0 Å². The van der Waals surface area contributed by atoms with Crippen LogP contribution in [0, 0.1) is 27.7 Å². The monoisotopic (exact) mass is 284 g/mol. The molecule has 0 N–H and O–H groups in total. The maximum absolute atomic E-state index is 11.8. The molecule has 0 fully saturated rings. The molecule has 110 valence electrons. The van der Waals surface area contributed by atoms with Crippen LogP contribution in [0.3, 0.4) is 0 Å². The highest BCUT2D eigenvalue weighted by atomic mass is 16.6. The van der Waals surface area contributed by atoms with Crippen LogP contribution < -0.4 is 9.47 Å². The summed E-state index contributed by atoms with van der Waals surface area (Å²) in [5, 5.41) is 0. The molecule has 3 heteroatoms. The lowest BCUT2D eigenvalue weighted by Crippen LogP contribution is -2.17. The summed E-state index contributed by atoms with van der Waals surface area (Å²) in [6.45, 7) is 7.82. The van der Waals surface area contributed by atoms with Crippen molar-refractivity contribution in [1.82, 2.24) is 0 Å². The molecule has 2 aromatic rings. The second-order valence-corrected chi connectivity index (χ2v) is 5.41. The Bertz CT molecular complexity index is 619. The Morgan fingerprint density at radius 3 is 1.67 bits per heavy atom. The average molecular weight is 284 g/mol. The summed E-state index contributed by atoms with van der Waals surface area (Å²) in [6.07, 6.45) is 0. The fraction of sp³-hybridized carbons (Fsp3) is 0.278. The molecule has 0 atom stereocenters. The lowest BCUT2D eigenvalue weighted by molar-refractivity contribution is -0.136. The van der Waals surface area contributed by atoms with Crippen molar-refractivity contribution in [3.63, 3.8) is 0 Å². The minimum Gasteiger partial charge on any atom is -0.482 e. The maximum Gasteiger partial charge on any atom is 0.349 e. The molecule has 0 aliphatic rings. The van der Waals surface area contributed by atoms with Gasteiger partial charge in [-0.25, -0.2) is 4.79 Å². The van der Waals surface area contributed by atoms with Crippen LogP contribution in [-0.2, 0) is 4.79 Å². The summed E-state index contributed by atoms with van der Waals surface area (Å²) >= 11 is 0. The number of rotatable bonds is 4. The predicted molar refractivity (Wildman–Crippen MR) is 83.0 cm³/mol. The fourth-order valence-electron chi connectivity index (χ4n) is 2.31. The molecule has 0 heterocycles. The van der Waals surface area contributed by atoms with Gasteiger partial charge in [-0.3, -0.25) is 0 Å². The molecule has 0 aliphatic carbocycles. The van der Waals surface area contributed by atoms with Gasteiger partial charge < -0.3 is 9.47 Å². The van der Waals surface area contributed by atoms with E-state index in [0.717, 1.165) is 22.3 Å². The van der Waals surface area contributed by atoms with Gasteiger partial charge in [0.1, 0.15) is 11.5 Å². The number of hydrogen-bond acceptors (Lipinski definition) is 3. The number of carbonyl (C=O) groups is 1. The van der Waals surface area contributed by atoms with Gasteiger partial charge in [0.05, 0.1) is 0 Å². The molecule has 0 amide bonds. The highest BCUT2D eigenvalue weighted by Gasteiger charge is 2.07. The summed E-state index contributed by atoms with van der Waals surface area (Å²) in [5.74, 6) is 0.838. The van der Waals surface area contributed by atoms with E-state index in [1.54, 1.807) is 0 Å². The predicted octanol–water partition coefficient (Wildman–Crippen LogP) is 3.90. The van der Waals surface area contributed by atoms with Gasteiger partial charge in [0.25, 0.3) is 0 Å². The van der Waals surface area contributed by atoms with E-state index in [9.17, 15) is 4.79 Å². The van der Waals surface area contributed by atoms with Crippen molar-refractivity contribution in [3.8, 4) is 11.5 Å². The third-order valence-electron chi connectivity index (χ3n) is 2.98. The molecule has 0 unspecified atom stereocenters. The lowest BCUT2D eigenvalue weighted by Gasteiger charge is -2.09. The summed E-state index contributed by atoms with van der Waals surface area (Å²) in [7, 11) is 0. The Labute approximate surface area is 125 Å². The van der Waals surface area contributed by atoms with E-state index in [1.807, 2.05) is 58.0 Å². The maximum atomic E-state index is 11.8. The number of aryl methyl sites for hydroxylation is 4. The van der Waals surface area contributed by atoms with Crippen LogP contribution in [0.4, 0.5) is 0 Å². The van der Waals surface area contributed by atoms with E-state index in [2.05, 4.69) is 6.07 Å². The highest BCUT2D eigenvalue weighted by Crippen LogP contribution is 2.18. The van der Waals surface area contributed by atoms with Crippen LogP contribution in [0.2, 0.25) is 0 Å². The third-order valence-corrected chi connectivity index (χ3v) is 2.98. The van der Waals surface area contributed by atoms with Gasteiger partial charge in [0, 0.05) is 0 Å². The number of carbonyl (C=O) groups excluding carboxylic acids is 1. The van der Waals surface area contributed by atoms with E-state index < -0.39 is 5.97 Å². The second kappa shape index (κ2) is 6.44. The van der Waals surface area contributed by atoms with Crippen molar-refractivity contribution in [1.29, 1.82) is 0 Å². The Balaban J connectivity index is 1.95. The van der Waals surface area contributed by atoms with Gasteiger partial charge >= 0.3 is 5.97 Å². The first-order chi connectivity index (χ1) is 9.92.